The Morgan fingerprint density at radius 3 is 2.72 bits per heavy atom. The molecule has 2 heterocycles. The molecular weight excluding hydrogens is 369 g/mol. The van der Waals surface area contributed by atoms with Crippen molar-refractivity contribution in [3.05, 3.63) is 88.0 Å². The number of hydrogen-bond donors (Lipinski definition) is 1. The normalized spacial score (nSPS) is 17.9. The number of H-pyrrole nitrogens is 1. The molecule has 1 aliphatic heterocycles. The molecule has 5 nitrogen and oxygen atoms in total. The molecule has 3 aromatic rings. The first kappa shape index (κ1) is 19.1. The predicted octanol–water partition coefficient (Wildman–Crippen LogP) is 3.20. The zero-order chi connectivity index (χ0) is 20.4. The molecule has 1 saturated heterocycles. The van der Waals surface area contributed by atoms with Crippen LogP contribution in [0.25, 0.3) is 17.0 Å². The lowest BCUT2D eigenvalue weighted by Crippen LogP contribution is -2.48. The number of halogens is 1. The standard InChI is InChI=1S/C23H22FN3O2/c1-26-12-13-27(15-21(26)18-7-3-4-8-19(18)24)22(28)11-10-17-14-16-6-2-5-9-20(16)25-23(17)29/h2-11,14,21H,12-13,15H2,1H3,(H,25,29)/b11-10+. The maximum Gasteiger partial charge on any atom is 0.255 e. The summed E-state index contributed by atoms with van der Waals surface area (Å²) in [5.74, 6) is -0.455. The summed E-state index contributed by atoms with van der Waals surface area (Å²) in [6, 6.07) is 15.7. The van der Waals surface area contributed by atoms with Crippen LogP contribution in [0.2, 0.25) is 0 Å². The summed E-state index contributed by atoms with van der Waals surface area (Å²) in [6.45, 7) is 1.60. The molecule has 1 N–H and O–H groups in total. The van der Waals surface area contributed by atoms with Gasteiger partial charge in [0.2, 0.25) is 5.91 Å². The van der Waals surface area contributed by atoms with E-state index in [1.165, 1.54) is 12.1 Å². The van der Waals surface area contributed by atoms with Gasteiger partial charge < -0.3 is 9.88 Å². The highest BCUT2D eigenvalue weighted by atomic mass is 19.1. The van der Waals surface area contributed by atoms with Crippen molar-refractivity contribution in [3.8, 4) is 0 Å². The largest absolute Gasteiger partial charge is 0.336 e. The van der Waals surface area contributed by atoms with Crippen molar-refractivity contribution in [2.75, 3.05) is 26.7 Å². The van der Waals surface area contributed by atoms with Gasteiger partial charge in [-0.3, -0.25) is 14.5 Å². The van der Waals surface area contributed by atoms with E-state index in [2.05, 4.69) is 9.88 Å². The molecule has 6 heteroatoms. The van der Waals surface area contributed by atoms with Gasteiger partial charge in [-0.25, -0.2) is 4.39 Å². The van der Waals surface area contributed by atoms with Gasteiger partial charge in [-0.05, 0) is 36.7 Å². The molecule has 1 unspecified atom stereocenters. The second kappa shape index (κ2) is 8.01. The molecule has 1 fully saturated rings. The number of benzene rings is 2. The summed E-state index contributed by atoms with van der Waals surface area (Å²) in [5.41, 5.74) is 1.53. The summed E-state index contributed by atoms with van der Waals surface area (Å²) in [4.78, 5) is 31.6. The van der Waals surface area contributed by atoms with Crippen LogP contribution in [-0.2, 0) is 4.79 Å². The summed E-state index contributed by atoms with van der Waals surface area (Å²) in [6.07, 6.45) is 2.97. The van der Waals surface area contributed by atoms with E-state index in [0.29, 0.717) is 30.8 Å². The van der Waals surface area contributed by atoms with Crippen molar-refractivity contribution in [2.24, 2.45) is 0 Å². The molecule has 1 aliphatic rings. The zero-order valence-electron chi connectivity index (χ0n) is 16.1. The van der Waals surface area contributed by atoms with E-state index in [0.717, 1.165) is 10.9 Å². The maximum absolute atomic E-state index is 14.2. The number of carbonyl (C=O) groups is 1. The van der Waals surface area contributed by atoms with E-state index in [4.69, 9.17) is 0 Å². The fourth-order valence-corrected chi connectivity index (χ4v) is 3.71. The van der Waals surface area contributed by atoms with Gasteiger partial charge in [-0.1, -0.05) is 36.4 Å². The molecule has 0 aliphatic carbocycles. The van der Waals surface area contributed by atoms with Crippen molar-refractivity contribution in [3.63, 3.8) is 0 Å². The third-order valence-corrected chi connectivity index (χ3v) is 5.41. The number of amides is 1. The van der Waals surface area contributed by atoms with Crippen molar-refractivity contribution < 1.29 is 9.18 Å². The molecule has 1 amide bonds. The van der Waals surface area contributed by atoms with Crippen molar-refractivity contribution in [2.45, 2.75) is 6.04 Å². The van der Waals surface area contributed by atoms with Crippen LogP contribution in [0.15, 0.2) is 65.5 Å². The number of aromatic amines is 1. The van der Waals surface area contributed by atoms with Crippen molar-refractivity contribution in [1.82, 2.24) is 14.8 Å². The quantitative estimate of drug-likeness (QED) is 0.698. The van der Waals surface area contributed by atoms with Crippen LogP contribution in [0, 0.1) is 5.82 Å². The minimum absolute atomic E-state index is 0.188. The summed E-state index contributed by atoms with van der Waals surface area (Å²) in [7, 11) is 1.93. The highest BCUT2D eigenvalue weighted by Crippen LogP contribution is 2.26. The molecule has 1 atom stereocenters. The van der Waals surface area contributed by atoms with Gasteiger partial charge in [-0.15, -0.1) is 0 Å². The van der Waals surface area contributed by atoms with E-state index in [1.807, 2.05) is 31.3 Å². The van der Waals surface area contributed by atoms with Gasteiger partial charge in [0.15, 0.2) is 0 Å². The van der Waals surface area contributed by atoms with Gasteiger partial charge in [0.1, 0.15) is 5.82 Å². The monoisotopic (exact) mass is 391 g/mol. The van der Waals surface area contributed by atoms with Crippen LogP contribution in [-0.4, -0.2) is 47.4 Å². The number of rotatable bonds is 3. The summed E-state index contributed by atoms with van der Waals surface area (Å²) >= 11 is 0. The minimum atomic E-state index is -0.267. The van der Waals surface area contributed by atoms with Gasteiger partial charge >= 0.3 is 0 Å². The predicted molar refractivity (Wildman–Crippen MR) is 112 cm³/mol. The van der Waals surface area contributed by atoms with E-state index < -0.39 is 0 Å². The molecule has 0 radical (unpaired) electrons. The van der Waals surface area contributed by atoms with Crippen molar-refractivity contribution >= 4 is 22.9 Å². The van der Waals surface area contributed by atoms with Gasteiger partial charge in [0, 0.05) is 42.4 Å². The number of likely N-dealkylation sites (N-methyl/N-ethyl adjacent to an activating group) is 1. The van der Waals surface area contributed by atoms with Crippen LogP contribution in [0.1, 0.15) is 17.2 Å². The molecule has 0 saturated carbocycles. The smallest absolute Gasteiger partial charge is 0.255 e. The van der Waals surface area contributed by atoms with Crippen LogP contribution in [0.3, 0.4) is 0 Å². The minimum Gasteiger partial charge on any atom is -0.336 e. The maximum atomic E-state index is 14.2. The number of aromatic nitrogens is 1. The number of nitrogens with one attached hydrogen (secondary N) is 1. The average Bonchev–Trinajstić information content (AvgIpc) is 2.73. The number of hydrogen-bond acceptors (Lipinski definition) is 3. The third kappa shape index (κ3) is 3.98. The lowest BCUT2D eigenvalue weighted by atomic mass is 10.0. The Kier molecular flexibility index (Phi) is 5.27. The topological polar surface area (TPSA) is 56.4 Å². The Hall–Kier alpha value is -3.25. The highest BCUT2D eigenvalue weighted by Gasteiger charge is 2.29. The number of para-hydroxylation sites is 1. The lowest BCUT2D eigenvalue weighted by Gasteiger charge is -2.39. The Balaban J connectivity index is 1.53. The Morgan fingerprint density at radius 2 is 1.90 bits per heavy atom. The third-order valence-electron chi connectivity index (χ3n) is 5.41. The van der Waals surface area contributed by atoms with Crippen LogP contribution in [0.4, 0.5) is 4.39 Å². The fourth-order valence-electron chi connectivity index (χ4n) is 3.71. The number of piperazine rings is 1. The molecule has 4 rings (SSSR count). The number of fused-ring (bicyclic) bond motifs is 1. The second-order valence-corrected chi connectivity index (χ2v) is 7.28. The molecular formula is C23H22FN3O2. The average molecular weight is 391 g/mol. The number of carbonyl (C=O) groups excluding carboxylic acids is 1. The second-order valence-electron chi connectivity index (χ2n) is 7.28. The van der Waals surface area contributed by atoms with Crippen LogP contribution in [0.5, 0.6) is 0 Å². The number of pyridine rings is 1. The van der Waals surface area contributed by atoms with Crippen LogP contribution >= 0.6 is 0 Å². The van der Waals surface area contributed by atoms with Gasteiger partial charge in [-0.2, -0.15) is 0 Å². The summed E-state index contributed by atoms with van der Waals surface area (Å²) in [5, 5.41) is 0.901. The zero-order valence-corrected chi connectivity index (χ0v) is 16.1. The van der Waals surface area contributed by atoms with E-state index in [1.54, 1.807) is 35.2 Å². The van der Waals surface area contributed by atoms with Gasteiger partial charge in [0.05, 0.1) is 6.04 Å². The number of nitrogens with zero attached hydrogens (tertiary/aromatic N) is 2. The van der Waals surface area contributed by atoms with E-state index >= 15 is 0 Å². The fraction of sp³-hybridized carbons (Fsp3) is 0.217. The molecule has 1 aromatic heterocycles. The first-order valence-corrected chi connectivity index (χ1v) is 9.56. The van der Waals surface area contributed by atoms with Gasteiger partial charge in [0.25, 0.3) is 5.56 Å². The Labute approximate surface area is 168 Å². The van der Waals surface area contributed by atoms with E-state index in [-0.39, 0.29) is 23.3 Å². The Morgan fingerprint density at radius 1 is 1.14 bits per heavy atom. The summed E-state index contributed by atoms with van der Waals surface area (Å²) < 4.78 is 14.2. The molecule has 0 spiro atoms. The lowest BCUT2D eigenvalue weighted by molar-refractivity contribution is -0.128. The van der Waals surface area contributed by atoms with Crippen LogP contribution < -0.4 is 5.56 Å². The Bertz CT molecular complexity index is 1140. The molecule has 29 heavy (non-hydrogen) atoms. The van der Waals surface area contributed by atoms with Crippen molar-refractivity contribution in [1.29, 1.82) is 0 Å². The first-order valence-electron chi connectivity index (χ1n) is 9.56. The van der Waals surface area contributed by atoms with E-state index in [9.17, 15) is 14.0 Å². The molecule has 148 valence electrons. The first-order chi connectivity index (χ1) is 14.0. The molecule has 0 bridgehead atoms. The molecule has 2 aromatic carbocycles. The SMILES string of the molecule is CN1CCN(C(=O)/C=C/c2cc3ccccc3[nH]c2=O)CC1c1ccccc1F. The highest BCUT2D eigenvalue weighted by molar-refractivity contribution is 5.92.